The van der Waals surface area contributed by atoms with Gasteiger partial charge in [-0.15, -0.1) is 0 Å². The average molecular weight is 257 g/mol. The molecule has 0 spiro atoms. The maximum Gasteiger partial charge on any atom is 0.420 e. The van der Waals surface area contributed by atoms with Crippen molar-refractivity contribution in [2.45, 2.75) is 6.54 Å². The first kappa shape index (κ1) is 9.48. The minimum absolute atomic E-state index is 0.364. The number of benzene rings is 1. The molecule has 2 rings (SSSR count). The Morgan fingerprint density at radius 2 is 2.29 bits per heavy atom. The van der Waals surface area contributed by atoms with E-state index in [0.29, 0.717) is 18.7 Å². The summed E-state index contributed by atoms with van der Waals surface area (Å²) in [5.41, 5.74) is 6.75. The molecule has 0 bridgehead atoms. The molecule has 5 heteroatoms. The van der Waals surface area contributed by atoms with Crippen LogP contribution in [-0.4, -0.2) is 11.1 Å². The number of halogens is 1. The highest BCUT2D eigenvalue weighted by molar-refractivity contribution is 9.10. The first-order valence-corrected chi connectivity index (χ1v) is 5.01. The molecule has 0 aliphatic heterocycles. The number of rotatable bonds is 2. The Hall–Kier alpha value is -1.07. The summed E-state index contributed by atoms with van der Waals surface area (Å²) in [5, 5.41) is 0. The van der Waals surface area contributed by atoms with Gasteiger partial charge in [-0.05, 0) is 28.1 Å². The summed E-state index contributed by atoms with van der Waals surface area (Å²) in [6, 6.07) is 5.52. The monoisotopic (exact) mass is 256 g/mol. The zero-order valence-corrected chi connectivity index (χ0v) is 8.95. The molecule has 0 unspecified atom stereocenters. The molecule has 0 radical (unpaired) electrons. The van der Waals surface area contributed by atoms with E-state index in [4.69, 9.17) is 10.2 Å². The Labute approximate surface area is 88.4 Å². The Morgan fingerprint density at radius 1 is 1.50 bits per heavy atom. The molecular weight excluding hydrogens is 248 g/mol. The summed E-state index contributed by atoms with van der Waals surface area (Å²) in [6.07, 6.45) is 0. The van der Waals surface area contributed by atoms with Gasteiger partial charge >= 0.3 is 5.76 Å². The van der Waals surface area contributed by atoms with Crippen LogP contribution in [0.5, 0.6) is 0 Å². The highest BCUT2D eigenvalue weighted by atomic mass is 79.9. The molecule has 0 aliphatic rings. The number of hydrogen-bond donors (Lipinski definition) is 1. The van der Waals surface area contributed by atoms with Crippen molar-refractivity contribution in [3.63, 3.8) is 0 Å². The molecule has 2 aromatic rings. The van der Waals surface area contributed by atoms with E-state index in [1.807, 2.05) is 18.2 Å². The first-order chi connectivity index (χ1) is 6.74. The van der Waals surface area contributed by atoms with Crippen molar-refractivity contribution in [3.8, 4) is 0 Å². The highest BCUT2D eigenvalue weighted by Gasteiger charge is 2.09. The van der Waals surface area contributed by atoms with Gasteiger partial charge < -0.3 is 10.2 Å². The van der Waals surface area contributed by atoms with Gasteiger partial charge in [-0.2, -0.15) is 0 Å². The summed E-state index contributed by atoms with van der Waals surface area (Å²) in [4.78, 5) is 11.4. The summed E-state index contributed by atoms with van der Waals surface area (Å²) in [7, 11) is 0. The zero-order valence-electron chi connectivity index (χ0n) is 7.37. The normalized spacial score (nSPS) is 11.0. The van der Waals surface area contributed by atoms with Crippen LogP contribution in [0.2, 0.25) is 0 Å². The molecule has 0 aliphatic carbocycles. The number of oxazole rings is 1. The second kappa shape index (κ2) is 3.59. The van der Waals surface area contributed by atoms with E-state index < -0.39 is 0 Å². The van der Waals surface area contributed by atoms with Crippen LogP contribution in [0.1, 0.15) is 0 Å². The van der Waals surface area contributed by atoms with E-state index >= 15 is 0 Å². The summed E-state index contributed by atoms with van der Waals surface area (Å²) >= 11 is 3.32. The van der Waals surface area contributed by atoms with Crippen LogP contribution in [0.4, 0.5) is 0 Å². The van der Waals surface area contributed by atoms with Crippen molar-refractivity contribution in [2.24, 2.45) is 5.73 Å². The Morgan fingerprint density at radius 3 is 3.00 bits per heavy atom. The third-order valence-electron chi connectivity index (χ3n) is 2.00. The van der Waals surface area contributed by atoms with Crippen LogP contribution in [0.25, 0.3) is 11.1 Å². The van der Waals surface area contributed by atoms with Gasteiger partial charge in [0.05, 0.1) is 9.99 Å². The largest absolute Gasteiger partial charge is 0.420 e. The molecule has 0 fully saturated rings. The van der Waals surface area contributed by atoms with Crippen molar-refractivity contribution in [2.75, 3.05) is 6.54 Å². The third-order valence-corrected chi connectivity index (χ3v) is 2.62. The summed E-state index contributed by atoms with van der Waals surface area (Å²) < 4.78 is 7.40. The highest BCUT2D eigenvalue weighted by Crippen LogP contribution is 2.22. The molecule has 74 valence electrons. The number of nitrogens with zero attached hydrogens (tertiary/aromatic N) is 1. The van der Waals surface area contributed by atoms with Gasteiger partial charge in [0, 0.05) is 13.1 Å². The predicted molar refractivity (Wildman–Crippen MR) is 57.2 cm³/mol. The fraction of sp³-hybridized carbons (Fsp3) is 0.222. The van der Waals surface area contributed by atoms with Crippen LogP contribution >= 0.6 is 15.9 Å². The quantitative estimate of drug-likeness (QED) is 0.882. The van der Waals surface area contributed by atoms with Crippen molar-refractivity contribution in [1.82, 2.24) is 4.57 Å². The molecule has 4 nitrogen and oxygen atoms in total. The van der Waals surface area contributed by atoms with Gasteiger partial charge in [0.1, 0.15) is 0 Å². The van der Waals surface area contributed by atoms with Crippen LogP contribution in [0.3, 0.4) is 0 Å². The summed E-state index contributed by atoms with van der Waals surface area (Å²) in [5.74, 6) is -0.364. The minimum atomic E-state index is -0.364. The predicted octanol–water partition coefficient (Wildman–Crippen LogP) is 1.32. The van der Waals surface area contributed by atoms with Crippen LogP contribution in [0, 0.1) is 0 Å². The van der Waals surface area contributed by atoms with E-state index in [-0.39, 0.29) is 5.76 Å². The number of hydrogen-bond acceptors (Lipinski definition) is 3. The molecule has 1 aromatic carbocycles. The van der Waals surface area contributed by atoms with Crippen LogP contribution < -0.4 is 11.5 Å². The van der Waals surface area contributed by atoms with Crippen molar-refractivity contribution in [3.05, 3.63) is 33.2 Å². The standard InChI is InChI=1S/C9H9BrN2O2/c10-6-2-1-3-7-8(6)14-9(13)12(7)5-4-11/h1-3H,4-5,11H2. The van der Waals surface area contributed by atoms with E-state index in [0.717, 1.165) is 9.99 Å². The van der Waals surface area contributed by atoms with E-state index in [9.17, 15) is 4.79 Å². The fourth-order valence-electron chi connectivity index (χ4n) is 1.39. The van der Waals surface area contributed by atoms with E-state index in [2.05, 4.69) is 15.9 Å². The molecule has 0 saturated carbocycles. The van der Waals surface area contributed by atoms with E-state index in [1.54, 1.807) is 0 Å². The zero-order chi connectivity index (χ0) is 10.1. The van der Waals surface area contributed by atoms with Gasteiger partial charge in [0.25, 0.3) is 0 Å². The minimum Gasteiger partial charge on any atom is -0.406 e. The van der Waals surface area contributed by atoms with E-state index in [1.165, 1.54) is 4.57 Å². The lowest BCUT2D eigenvalue weighted by atomic mass is 10.3. The lowest BCUT2D eigenvalue weighted by Crippen LogP contribution is -2.19. The Bertz CT molecular complexity index is 515. The van der Waals surface area contributed by atoms with Crippen molar-refractivity contribution < 1.29 is 4.42 Å². The molecule has 2 N–H and O–H groups in total. The SMILES string of the molecule is NCCn1c(=O)oc2c(Br)cccc21. The van der Waals surface area contributed by atoms with Gasteiger partial charge in [-0.3, -0.25) is 4.57 Å². The Kier molecular flexibility index (Phi) is 2.43. The molecule has 14 heavy (non-hydrogen) atoms. The van der Waals surface area contributed by atoms with Crippen LogP contribution in [-0.2, 0) is 6.54 Å². The maximum atomic E-state index is 11.4. The third kappa shape index (κ3) is 1.38. The smallest absolute Gasteiger partial charge is 0.406 e. The molecular formula is C9H9BrN2O2. The van der Waals surface area contributed by atoms with Gasteiger partial charge in [0.15, 0.2) is 5.58 Å². The molecule has 0 atom stereocenters. The summed E-state index contributed by atoms with van der Waals surface area (Å²) in [6.45, 7) is 0.892. The average Bonchev–Trinajstić information content (AvgIpc) is 2.47. The number of para-hydroxylation sites is 1. The molecule has 0 amide bonds. The molecule has 1 aromatic heterocycles. The lowest BCUT2D eigenvalue weighted by molar-refractivity contribution is 0.506. The Balaban J connectivity index is 2.77. The topological polar surface area (TPSA) is 61.2 Å². The van der Waals surface area contributed by atoms with Gasteiger partial charge in [0.2, 0.25) is 0 Å². The lowest BCUT2D eigenvalue weighted by Gasteiger charge is -1.97. The number of aromatic nitrogens is 1. The second-order valence-electron chi connectivity index (χ2n) is 2.90. The number of fused-ring (bicyclic) bond motifs is 1. The second-order valence-corrected chi connectivity index (χ2v) is 3.75. The van der Waals surface area contributed by atoms with Crippen LogP contribution in [0.15, 0.2) is 31.9 Å². The molecule has 0 saturated heterocycles. The number of nitrogens with two attached hydrogens (primary N) is 1. The van der Waals surface area contributed by atoms with Gasteiger partial charge in [-0.25, -0.2) is 4.79 Å². The van der Waals surface area contributed by atoms with Crippen molar-refractivity contribution in [1.29, 1.82) is 0 Å². The molecule has 1 heterocycles. The maximum absolute atomic E-state index is 11.4. The van der Waals surface area contributed by atoms with Gasteiger partial charge in [-0.1, -0.05) is 6.07 Å². The van der Waals surface area contributed by atoms with Crippen molar-refractivity contribution >= 4 is 27.0 Å². The first-order valence-electron chi connectivity index (χ1n) is 4.22. The fourth-order valence-corrected chi connectivity index (χ4v) is 1.83.